The lowest BCUT2D eigenvalue weighted by Crippen LogP contribution is -2.36. The third-order valence-electron chi connectivity index (χ3n) is 4.39. The zero-order valence-corrected chi connectivity index (χ0v) is 15.4. The number of ether oxygens (including phenoxy) is 1. The van der Waals surface area contributed by atoms with Crippen LogP contribution in [0.2, 0.25) is 0 Å². The molecular weight excluding hydrogens is 338 g/mol. The molecule has 1 aliphatic rings. The molecule has 0 amide bonds. The Morgan fingerprint density at radius 2 is 1.76 bits per heavy atom. The summed E-state index contributed by atoms with van der Waals surface area (Å²) in [6.07, 6.45) is 0.592. The average Bonchev–Trinajstić information content (AvgIpc) is 2.55. The molecule has 0 radical (unpaired) electrons. The molecule has 0 saturated carbocycles. The van der Waals surface area contributed by atoms with E-state index in [1.807, 2.05) is 26.0 Å². The van der Waals surface area contributed by atoms with Gasteiger partial charge >= 0.3 is 5.97 Å². The number of hydrogen-bond acceptors (Lipinski definition) is 4. The smallest absolute Gasteiger partial charge is 0.308 e. The molecule has 25 heavy (non-hydrogen) atoms. The van der Waals surface area contributed by atoms with E-state index in [1.54, 1.807) is 24.3 Å². The molecule has 0 aromatic heterocycles. The summed E-state index contributed by atoms with van der Waals surface area (Å²) >= 11 is 0. The van der Waals surface area contributed by atoms with E-state index in [1.165, 1.54) is 11.2 Å². The van der Waals surface area contributed by atoms with E-state index in [4.69, 9.17) is 4.74 Å². The van der Waals surface area contributed by atoms with Crippen LogP contribution in [0.1, 0.15) is 29.2 Å². The van der Waals surface area contributed by atoms with Gasteiger partial charge in [0.05, 0.1) is 4.90 Å². The highest BCUT2D eigenvalue weighted by atomic mass is 32.2. The molecular formula is C19H21NO4S. The van der Waals surface area contributed by atoms with Crippen LogP contribution in [0.5, 0.6) is 5.75 Å². The lowest BCUT2D eigenvalue weighted by Gasteiger charge is -2.29. The van der Waals surface area contributed by atoms with Gasteiger partial charge in [0, 0.05) is 20.0 Å². The Hall–Kier alpha value is -2.18. The Bertz CT molecular complexity index is 917. The van der Waals surface area contributed by atoms with Crippen molar-refractivity contribution < 1.29 is 17.9 Å². The highest BCUT2D eigenvalue weighted by Gasteiger charge is 2.28. The second kappa shape index (κ2) is 6.61. The summed E-state index contributed by atoms with van der Waals surface area (Å²) in [5.74, 6) is 0.184. The number of esters is 1. The number of hydrogen-bond donors (Lipinski definition) is 0. The van der Waals surface area contributed by atoms with Crippen LogP contribution in [-0.2, 0) is 27.8 Å². The van der Waals surface area contributed by atoms with Crippen molar-refractivity contribution >= 4 is 16.0 Å². The Kier molecular flexibility index (Phi) is 4.67. The summed E-state index contributed by atoms with van der Waals surface area (Å²) < 4.78 is 32.4. The van der Waals surface area contributed by atoms with Gasteiger partial charge in [0.2, 0.25) is 10.0 Å². The molecule has 5 nitrogen and oxygen atoms in total. The molecule has 0 spiro atoms. The van der Waals surface area contributed by atoms with Crippen molar-refractivity contribution in [3.05, 3.63) is 58.7 Å². The van der Waals surface area contributed by atoms with E-state index in [-0.39, 0.29) is 5.97 Å². The normalized spacial score (nSPS) is 14.8. The maximum atomic E-state index is 12.9. The van der Waals surface area contributed by atoms with E-state index < -0.39 is 10.0 Å². The molecule has 2 aromatic rings. The lowest BCUT2D eigenvalue weighted by molar-refractivity contribution is -0.131. The van der Waals surface area contributed by atoms with Gasteiger partial charge in [0.1, 0.15) is 5.75 Å². The van der Waals surface area contributed by atoms with Crippen LogP contribution in [0.3, 0.4) is 0 Å². The van der Waals surface area contributed by atoms with Gasteiger partial charge in [-0.15, -0.1) is 0 Å². The quantitative estimate of drug-likeness (QED) is 0.624. The Balaban J connectivity index is 1.89. The molecule has 0 atom stereocenters. The summed E-state index contributed by atoms with van der Waals surface area (Å²) in [5.41, 5.74) is 3.83. The predicted molar refractivity (Wildman–Crippen MR) is 95.0 cm³/mol. The van der Waals surface area contributed by atoms with Gasteiger partial charge in [-0.2, -0.15) is 4.31 Å². The van der Waals surface area contributed by atoms with E-state index in [2.05, 4.69) is 0 Å². The van der Waals surface area contributed by atoms with Crippen molar-refractivity contribution in [2.45, 2.75) is 38.6 Å². The number of aryl methyl sites for hydroxylation is 2. The van der Waals surface area contributed by atoms with Gasteiger partial charge in [-0.25, -0.2) is 8.42 Å². The largest absolute Gasteiger partial charge is 0.426 e. The van der Waals surface area contributed by atoms with Crippen molar-refractivity contribution in [1.29, 1.82) is 0 Å². The van der Waals surface area contributed by atoms with Gasteiger partial charge in [-0.05, 0) is 55.2 Å². The van der Waals surface area contributed by atoms with Crippen molar-refractivity contribution in [2.75, 3.05) is 6.54 Å². The minimum absolute atomic E-state index is 0.315. The van der Waals surface area contributed by atoms with Crippen molar-refractivity contribution in [2.24, 2.45) is 0 Å². The molecule has 6 heteroatoms. The Morgan fingerprint density at radius 1 is 1.08 bits per heavy atom. The van der Waals surface area contributed by atoms with Crippen LogP contribution >= 0.6 is 0 Å². The van der Waals surface area contributed by atoms with Gasteiger partial charge in [0.15, 0.2) is 0 Å². The summed E-state index contributed by atoms with van der Waals surface area (Å²) in [6, 6.07) is 10.7. The van der Waals surface area contributed by atoms with E-state index in [0.29, 0.717) is 30.2 Å². The minimum Gasteiger partial charge on any atom is -0.426 e. The first-order valence-electron chi connectivity index (χ1n) is 8.15. The standard InChI is InChI=1S/C19H21NO4S/c1-13-4-6-18(7-5-13)25(22,23)20-9-8-16-11-19(24-15(3)21)14(2)10-17(16)12-20/h4-7,10-11H,8-9,12H2,1-3H3. The molecule has 0 N–H and O–H groups in total. The first-order chi connectivity index (χ1) is 11.8. The number of nitrogens with zero attached hydrogens (tertiary/aromatic N) is 1. The number of rotatable bonds is 3. The van der Waals surface area contributed by atoms with Crippen molar-refractivity contribution in [1.82, 2.24) is 4.31 Å². The number of benzene rings is 2. The van der Waals surface area contributed by atoms with Crippen molar-refractivity contribution in [3.8, 4) is 5.75 Å². The van der Waals surface area contributed by atoms with Gasteiger partial charge < -0.3 is 4.74 Å². The maximum absolute atomic E-state index is 12.9. The zero-order chi connectivity index (χ0) is 18.2. The third kappa shape index (κ3) is 3.60. The fourth-order valence-electron chi connectivity index (χ4n) is 3.01. The molecule has 1 aliphatic heterocycles. The number of fused-ring (bicyclic) bond motifs is 1. The fourth-order valence-corrected chi connectivity index (χ4v) is 4.43. The molecule has 0 unspecified atom stereocenters. The molecule has 3 rings (SSSR count). The summed E-state index contributed by atoms with van der Waals surface area (Å²) in [5, 5.41) is 0. The molecule has 1 heterocycles. The SMILES string of the molecule is CC(=O)Oc1cc2c(cc1C)CN(S(=O)(=O)c1ccc(C)cc1)CC2. The molecule has 0 saturated heterocycles. The molecule has 132 valence electrons. The number of carbonyl (C=O) groups excluding carboxylic acids is 1. The zero-order valence-electron chi connectivity index (χ0n) is 14.6. The molecule has 2 aromatic carbocycles. The minimum atomic E-state index is -3.52. The van der Waals surface area contributed by atoms with Gasteiger partial charge in [0.25, 0.3) is 0 Å². The van der Waals surface area contributed by atoms with E-state index >= 15 is 0 Å². The molecule has 0 aliphatic carbocycles. The molecule has 0 fully saturated rings. The van der Waals surface area contributed by atoms with E-state index in [9.17, 15) is 13.2 Å². The summed E-state index contributed by atoms with van der Waals surface area (Å²) in [7, 11) is -3.52. The van der Waals surface area contributed by atoms with Gasteiger partial charge in [-0.3, -0.25) is 4.79 Å². The van der Waals surface area contributed by atoms with E-state index in [0.717, 1.165) is 22.3 Å². The average molecular weight is 359 g/mol. The lowest BCUT2D eigenvalue weighted by atomic mass is 9.98. The predicted octanol–water partition coefficient (Wildman–Crippen LogP) is 2.98. The second-order valence-corrected chi connectivity index (χ2v) is 8.32. The van der Waals surface area contributed by atoms with Crippen LogP contribution in [0, 0.1) is 13.8 Å². The number of carbonyl (C=O) groups is 1. The maximum Gasteiger partial charge on any atom is 0.308 e. The highest BCUT2D eigenvalue weighted by Crippen LogP contribution is 2.30. The summed E-state index contributed by atoms with van der Waals surface area (Å²) in [6.45, 7) is 5.89. The Morgan fingerprint density at radius 3 is 2.40 bits per heavy atom. The van der Waals surface area contributed by atoms with Crippen LogP contribution in [0.25, 0.3) is 0 Å². The highest BCUT2D eigenvalue weighted by molar-refractivity contribution is 7.89. The first kappa shape index (κ1) is 17.6. The Labute approximate surface area is 148 Å². The topological polar surface area (TPSA) is 63.7 Å². The molecule has 0 bridgehead atoms. The fraction of sp³-hybridized carbons (Fsp3) is 0.316. The van der Waals surface area contributed by atoms with Crippen LogP contribution in [0.15, 0.2) is 41.3 Å². The second-order valence-electron chi connectivity index (χ2n) is 6.38. The third-order valence-corrected chi connectivity index (χ3v) is 6.25. The summed E-state index contributed by atoms with van der Waals surface area (Å²) in [4.78, 5) is 11.5. The number of sulfonamides is 1. The van der Waals surface area contributed by atoms with Gasteiger partial charge in [-0.1, -0.05) is 23.8 Å². The van der Waals surface area contributed by atoms with Crippen LogP contribution in [0.4, 0.5) is 0 Å². The van der Waals surface area contributed by atoms with Crippen LogP contribution < -0.4 is 4.74 Å². The first-order valence-corrected chi connectivity index (χ1v) is 9.59. The van der Waals surface area contributed by atoms with Crippen LogP contribution in [-0.4, -0.2) is 25.2 Å². The monoisotopic (exact) mass is 359 g/mol. The van der Waals surface area contributed by atoms with Crippen molar-refractivity contribution in [3.63, 3.8) is 0 Å².